The van der Waals surface area contributed by atoms with E-state index in [2.05, 4.69) is 5.32 Å². The Morgan fingerprint density at radius 3 is 2.81 bits per heavy atom. The molecule has 1 aromatic carbocycles. The van der Waals surface area contributed by atoms with Crippen molar-refractivity contribution in [2.45, 2.75) is 0 Å². The number of nitrogens with zero attached hydrogens (tertiary/aromatic N) is 1. The monoisotopic (exact) mass is 226 g/mol. The fourth-order valence-corrected chi connectivity index (χ4v) is 1.41. The number of aliphatic hydroxyl groups is 1. The SMILES string of the molecule is CNc1c(F)cccc1C(=O)N(C)CCO. The van der Waals surface area contributed by atoms with Crippen LogP contribution in [0.4, 0.5) is 10.1 Å². The lowest BCUT2D eigenvalue weighted by Crippen LogP contribution is -2.30. The molecule has 0 saturated carbocycles. The molecule has 0 aliphatic rings. The second kappa shape index (κ2) is 5.46. The molecule has 0 fully saturated rings. The Balaban J connectivity index is 3.03. The van der Waals surface area contributed by atoms with Gasteiger partial charge in [-0.05, 0) is 12.1 Å². The van der Waals surface area contributed by atoms with Crippen molar-refractivity contribution in [2.24, 2.45) is 0 Å². The number of halogens is 1. The van der Waals surface area contributed by atoms with Crippen molar-refractivity contribution in [1.29, 1.82) is 0 Å². The van der Waals surface area contributed by atoms with Gasteiger partial charge in [0.05, 0.1) is 17.9 Å². The molecule has 0 atom stereocenters. The zero-order valence-electron chi connectivity index (χ0n) is 9.33. The quantitative estimate of drug-likeness (QED) is 0.803. The van der Waals surface area contributed by atoms with E-state index in [-0.39, 0.29) is 30.3 Å². The first kappa shape index (κ1) is 12.4. The number of hydrogen-bond acceptors (Lipinski definition) is 3. The molecule has 1 aromatic rings. The fourth-order valence-electron chi connectivity index (χ4n) is 1.41. The lowest BCUT2D eigenvalue weighted by atomic mass is 10.1. The summed E-state index contributed by atoms with van der Waals surface area (Å²) in [6, 6.07) is 4.32. The molecule has 0 heterocycles. The van der Waals surface area contributed by atoms with E-state index < -0.39 is 5.82 Å². The summed E-state index contributed by atoms with van der Waals surface area (Å²) in [7, 11) is 3.12. The molecule has 4 nitrogen and oxygen atoms in total. The van der Waals surface area contributed by atoms with Crippen LogP contribution in [0.15, 0.2) is 18.2 Å². The number of anilines is 1. The van der Waals surface area contributed by atoms with Crippen molar-refractivity contribution in [2.75, 3.05) is 32.6 Å². The van der Waals surface area contributed by atoms with E-state index in [1.54, 1.807) is 20.2 Å². The molecule has 0 aliphatic carbocycles. The van der Waals surface area contributed by atoms with E-state index in [0.29, 0.717) is 0 Å². The number of likely N-dealkylation sites (N-methyl/N-ethyl adjacent to an activating group) is 1. The number of para-hydroxylation sites is 1. The van der Waals surface area contributed by atoms with E-state index in [1.165, 1.54) is 17.0 Å². The molecule has 0 saturated heterocycles. The van der Waals surface area contributed by atoms with E-state index in [0.717, 1.165) is 0 Å². The lowest BCUT2D eigenvalue weighted by molar-refractivity contribution is 0.0767. The standard InChI is InChI=1S/C11H15FN2O2/c1-13-10-8(4-3-5-9(10)12)11(16)14(2)6-7-15/h3-5,13,15H,6-7H2,1-2H3. The molecule has 1 amide bonds. The molecule has 0 radical (unpaired) electrons. The first-order chi connectivity index (χ1) is 7.61. The Kier molecular flexibility index (Phi) is 4.25. The minimum Gasteiger partial charge on any atom is -0.395 e. The van der Waals surface area contributed by atoms with Crippen molar-refractivity contribution in [3.05, 3.63) is 29.6 Å². The Morgan fingerprint density at radius 2 is 2.25 bits per heavy atom. The van der Waals surface area contributed by atoms with Gasteiger partial charge in [0.25, 0.3) is 5.91 Å². The number of carbonyl (C=O) groups is 1. The topological polar surface area (TPSA) is 52.6 Å². The van der Waals surface area contributed by atoms with Crippen LogP contribution < -0.4 is 5.32 Å². The van der Waals surface area contributed by atoms with Crippen LogP contribution in [0.3, 0.4) is 0 Å². The van der Waals surface area contributed by atoms with Gasteiger partial charge in [-0.1, -0.05) is 6.07 Å². The number of carbonyl (C=O) groups excluding carboxylic acids is 1. The van der Waals surface area contributed by atoms with Gasteiger partial charge in [-0.25, -0.2) is 4.39 Å². The van der Waals surface area contributed by atoms with Crippen LogP contribution in [0, 0.1) is 5.82 Å². The highest BCUT2D eigenvalue weighted by atomic mass is 19.1. The van der Waals surface area contributed by atoms with E-state index >= 15 is 0 Å². The average Bonchev–Trinajstić information content (AvgIpc) is 2.28. The molecule has 16 heavy (non-hydrogen) atoms. The maximum atomic E-state index is 13.4. The molecule has 5 heteroatoms. The summed E-state index contributed by atoms with van der Waals surface area (Å²) in [5, 5.41) is 11.4. The minimum absolute atomic E-state index is 0.119. The van der Waals surface area contributed by atoms with Gasteiger partial charge in [-0.15, -0.1) is 0 Å². The van der Waals surface area contributed by atoms with Crippen molar-refractivity contribution in [3.63, 3.8) is 0 Å². The largest absolute Gasteiger partial charge is 0.395 e. The number of amides is 1. The highest BCUT2D eigenvalue weighted by Gasteiger charge is 2.17. The summed E-state index contributed by atoms with van der Waals surface area (Å²) < 4.78 is 13.4. The molecule has 0 unspecified atom stereocenters. The van der Waals surface area contributed by atoms with E-state index in [1.807, 2.05) is 0 Å². The summed E-state index contributed by atoms with van der Waals surface area (Å²) >= 11 is 0. The van der Waals surface area contributed by atoms with Crippen molar-refractivity contribution < 1.29 is 14.3 Å². The predicted molar refractivity (Wildman–Crippen MR) is 60.0 cm³/mol. The van der Waals surface area contributed by atoms with Gasteiger partial charge in [0.1, 0.15) is 5.82 Å². The zero-order valence-corrected chi connectivity index (χ0v) is 9.33. The van der Waals surface area contributed by atoms with Gasteiger partial charge >= 0.3 is 0 Å². The predicted octanol–water partition coefficient (Wildman–Crippen LogP) is 0.932. The third-order valence-electron chi connectivity index (χ3n) is 2.28. The van der Waals surface area contributed by atoms with Gasteiger partial charge in [0, 0.05) is 20.6 Å². The molecule has 88 valence electrons. The molecule has 0 spiro atoms. The summed E-state index contributed by atoms with van der Waals surface area (Å²) in [6.07, 6.45) is 0. The molecule has 0 aromatic heterocycles. The summed E-state index contributed by atoms with van der Waals surface area (Å²) in [4.78, 5) is 13.2. The summed E-state index contributed by atoms with van der Waals surface area (Å²) in [5.41, 5.74) is 0.440. The first-order valence-corrected chi connectivity index (χ1v) is 4.94. The van der Waals surface area contributed by atoms with Crippen LogP contribution in [0.2, 0.25) is 0 Å². The first-order valence-electron chi connectivity index (χ1n) is 4.94. The normalized spacial score (nSPS) is 10.0. The smallest absolute Gasteiger partial charge is 0.255 e. The van der Waals surface area contributed by atoms with Crippen LogP contribution in [0.5, 0.6) is 0 Å². The molecular weight excluding hydrogens is 211 g/mol. The maximum absolute atomic E-state index is 13.4. The van der Waals surface area contributed by atoms with Gasteiger partial charge in [0.2, 0.25) is 0 Å². The molecule has 2 N–H and O–H groups in total. The molecule has 1 rings (SSSR count). The molecular formula is C11H15FN2O2. The fraction of sp³-hybridized carbons (Fsp3) is 0.364. The molecule has 0 aliphatic heterocycles. The van der Waals surface area contributed by atoms with Crippen LogP contribution in [-0.4, -0.2) is 43.2 Å². The number of rotatable bonds is 4. The molecule has 0 bridgehead atoms. The number of aliphatic hydroxyl groups excluding tert-OH is 1. The third-order valence-corrected chi connectivity index (χ3v) is 2.28. The Hall–Kier alpha value is -1.62. The highest BCUT2D eigenvalue weighted by molar-refractivity contribution is 5.99. The van der Waals surface area contributed by atoms with Crippen molar-refractivity contribution in [1.82, 2.24) is 4.90 Å². The lowest BCUT2D eigenvalue weighted by Gasteiger charge is -2.17. The Morgan fingerprint density at radius 1 is 1.56 bits per heavy atom. The van der Waals surface area contributed by atoms with Crippen molar-refractivity contribution >= 4 is 11.6 Å². The second-order valence-electron chi connectivity index (χ2n) is 3.36. The van der Waals surface area contributed by atoms with Gasteiger partial charge in [0.15, 0.2) is 0 Å². The van der Waals surface area contributed by atoms with Gasteiger partial charge < -0.3 is 15.3 Å². The van der Waals surface area contributed by atoms with Crippen LogP contribution in [0.25, 0.3) is 0 Å². The maximum Gasteiger partial charge on any atom is 0.255 e. The van der Waals surface area contributed by atoms with Crippen LogP contribution in [-0.2, 0) is 0 Å². The van der Waals surface area contributed by atoms with Crippen LogP contribution >= 0.6 is 0 Å². The number of hydrogen-bond donors (Lipinski definition) is 2. The zero-order chi connectivity index (χ0) is 12.1. The van der Waals surface area contributed by atoms with Gasteiger partial charge in [-0.2, -0.15) is 0 Å². The van der Waals surface area contributed by atoms with Gasteiger partial charge in [-0.3, -0.25) is 4.79 Å². The van der Waals surface area contributed by atoms with E-state index in [4.69, 9.17) is 5.11 Å². The second-order valence-corrected chi connectivity index (χ2v) is 3.36. The highest BCUT2D eigenvalue weighted by Crippen LogP contribution is 2.20. The number of nitrogens with one attached hydrogen (secondary N) is 1. The summed E-state index contributed by atoms with van der Waals surface area (Å²) in [5.74, 6) is -0.788. The van der Waals surface area contributed by atoms with E-state index in [9.17, 15) is 9.18 Å². The Bertz CT molecular complexity index is 382. The summed E-state index contributed by atoms with van der Waals surface area (Å²) in [6.45, 7) is 0.102. The number of benzene rings is 1. The van der Waals surface area contributed by atoms with Crippen molar-refractivity contribution in [3.8, 4) is 0 Å². The van der Waals surface area contributed by atoms with Crippen LogP contribution in [0.1, 0.15) is 10.4 Å². The third kappa shape index (κ3) is 2.49. The Labute approximate surface area is 93.7 Å². The average molecular weight is 226 g/mol. The minimum atomic E-state index is -0.467.